The second-order valence-corrected chi connectivity index (χ2v) is 5.57. The zero-order valence-electron chi connectivity index (χ0n) is 10.5. The summed E-state index contributed by atoms with van der Waals surface area (Å²) in [5.74, 6) is 0.885. The molecule has 1 saturated heterocycles. The van der Waals surface area contributed by atoms with Crippen LogP contribution in [-0.4, -0.2) is 24.0 Å². The lowest BCUT2D eigenvalue weighted by Gasteiger charge is -2.29. The Labute approximate surface area is 98.4 Å². The number of hydrogen-bond donors (Lipinski definition) is 2. The number of rotatable bonds is 2. The van der Waals surface area contributed by atoms with Crippen LogP contribution in [0.25, 0.3) is 0 Å². The highest BCUT2D eigenvalue weighted by Crippen LogP contribution is 2.25. The summed E-state index contributed by atoms with van der Waals surface area (Å²) in [5, 5.41) is 6.61. The topological polar surface area (TPSA) is 41.1 Å². The lowest BCUT2D eigenvalue weighted by Crippen LogP contribution is -2.52. The molecule has 2 fully saturated rings. The number of carbonyl (C=O) groups excluding carboxylic acids is 1. The molecule has 2 aliphatic rings. The van der Waals surface area contributed by atoms with Gasteiger partial charge in [0.1, 0.15) is 0 Å². The fourth-order valence-corrected chi connectivity index (χ4v) is 2.99. The number of nitrogens with one attached hydrogen (secondary N) is 2. The van der Waals surface area contributed by atoms with Gasteiger partial charge in [0, 0.05) is 12.1 Å². The molecular weight excluding hydrogens is 200 g/mol. The van der Waals surface area contributed by atoms with Gasteiger partial charge >= 0.3 is 0 Å². The molecule has 0 aromatic carbocycles. The van der Waals surface area contributed by atoms with E-state index in [4.69, 9.17) is 0 Å². The molecule has 1 heterocycles. The van der Waals surface area contributed by atoms with Gasteiger partial charge in [-0.15, -0.1) is 0 Å². The van der Waals surface area contributed by atoms with Gasteiger partial charge in [0.25, 0.3) is 0 Å². The molecule has 0 radical (unpaired) electrons. The Morgan fingerprint density at radius 3 is 2.50 bits per heavy atom. The Balaban J connectivity index is 1.82. The SMILES string of the molecule is CC1CCCC(C(=O)NC2CCCC2C)N1. The van der Waals surface area contributed by atoms with Crippen LogP contribution in [0.4, 0.5) is 0 Å². The predicted molar refractivity (Wildman–Crippen MR) is 65.2 cm³/mol. The molecule has 0 bridgehead atoms. The van der Waals surface area contributed by atoms with E-state index in [0.29, 0.717) is 18.0 Å². The van der Waals surface area contributed by atoms with Crippen molar-refractivity contribution in [3.05, 3.63) is 0 Å². The normalized spacial score (nSPS) is 39.6. The summed E-state index contributed by atoms with van der Waals surface area (Å²) in [6.45, 7) is 4.41. The van der Waals surface area contributed by atoms with E-state index in [1.165, 1.54) is 25.7 Å². The molecule has 1 aliphatic heterocycles. The maximum absolute atomic E-state index is 12.1. The van der Waals surface area contributed by atoms with E-state index in [2.05, 4.69) is 24.5 Å². The number of hydrogen-bond acceptors (Lipinski definition) is 2. The monoisotopic (exact) mass is 224 g/mol. The van der Waals surface area contributed by atoms with Crippen LogP contribution in [0.2, 0.25) is 0 Å². The molecule has 1 aliphatic carbocycles. The van der Waals surface area contributed by atoms with Crippen LogP contribution < -0.4 is 10.6 Å². The number of carbonyl (C=O) groups is 1. The van der Waals surface area contributed by atoms with Gasteiger partial charge in [0.05, 0.1) is 6.04 Å². The van der Waals surface area contributed by atoms with E-state index < -0.39 is 0 Å². The fraction of sp³-hybridized carbons (Fsp3) is 0.923. The minimum atomic E-state index is 0.0524. The number of amides is 1. The van der Waals surface area contributed by atoms with Crippen molar-refractivity contribution in [2.75, 3.05) is 0 Å². The molecule has 4 unspecified atom stereocenters. The van der Waals surface area contributed by atoms with Gasteiger partial charge in [-0.05, 0) is 44.9 Å². The van der Waals surface area contributed by atoms with Crippen molar-refractivity contribution < 1.29 is 4.79 Å². The summed E-state index contributed by atoms with van der Waals surface area (Å²) >= 11 is 0. The second kappa shape index (κ2) is 5.17. The summed E-state index contributed by atoms with van der Waals surface area (Å²) < 4.78 is 0. The molecule has 2 rings (SSSR count). The lowest BCUT2D eigenvalue weighted by molar-refractivity contribution is -0.124. The first-order chi connectivity index (χ1) is 7.66. The Morgan fingerprint density at radius 1 is 1.12 bits per heavy atom. The predicted octanol–water partition coefficient (Wildman–Crippen LogP) is 1.82. The van der Waals surface area contributed by atoms with Crippen molar-refractivity contribution in [2.24, 2.45) is 5.92 Å². The summed E-state index contributed by atoms with van der Waals surface area (Å²) in [7, 11) is 0. The molecule has 4 atom stereocenters. The van der Waals surface area contributed by atoms with Gasteiger partial charge in [-0.25, -0.2) is 0 Å². The molecular formula is C13H24N2O. The molecule has 16 heavy (non-hydrogen) atoms. The molecule has 2 N–H and O–H groups in total. The quantitative estimate of drug-likeness (QED) is 0.751. The smallest absolute Gasteiger partial charge is 0.237 e. The molecule has 1 amide bonds. The molecule has 92 valence electrons. The first-order valence-corrected chi connectivity index (χ1v) is 6.73. The first kappa shape index (κ1) is 11.9. The van der Waals surface area contributed by atoms with E-state index in [-0.39, 0.29) is 11.9 Å². The Bertz CT molecular complexity index is 254. The largest absolute Gasteiger partial charge is 0.352 e. The van der Waals surface area contributed by atoms with Gasteiger partial charge < -0.3 is 10.6 Å². The second-order valence-electron chi connectivity index (χ2n) is 5.57. The van der Waals surface area contributed by atoms with Crippen LogP contribution >= 0.6 is 0 Å². The average molecular weight is 224 g/mol. The van der Waals surface area contributed by atoms with Crippen molar-refractivity contribution in [3.8, 4) is 0 Å². The van der Waals surface area contributed by atoms with Crippen molar-refractivity contribution in [1.82, 2.24) is 10.6 Å². The summed E-state index contributed by atoms with van der Waals surface area (Å²) in [4.78, 5) is 12.1. The molecule has 3 heteroatoms. The van der Waals surface area contributed by atoms with Crippen LogP contribution in [-0.2, 0) is 4.79 Å². The van der Waals surface area contributed by atoms with Crippen molar-refractivity contribution in [3.63, 3.8) is 0 Å². The third-order valence-electron chi connectivity index (χ3n) is 4.12. The van der Waals surface area contributed by atoms with Crippen molar-refractivity contribution in [2.45, 2.75) is 70.5 Å². The van der Waals surface area contributed by atoms with Crippen LogP contribution in [0.5, 0.6) is 0 Å². The zero-order valence-corrected chi connectivity index (χ0v) is 10.5. The minimum Gasteiger partial charge on any atom is -0.352 e. The van der Waals surface area contributed by atoms with Crippen molar-refractivity contribution in [1.29, 1.82) is 0 Å². The maximum atomic E-state index is 12.1. The van der Waals surface area contributed by atoms with E-state index >= 15 is 0 Å². The van der Waals surface area contributed by atoms with Crippen molar-refractivity contribution >= 4 is 5.91 Å². The van der Waals surface area contributed by atoms with E-state index in [9.17, 15) is 4.79 Å². The van der Waals surface area contributed by atoms with E-state index in [1.54, 1.807) is 0 Å². The zero-order chi connectivity index (χ0) is 11.5. The average Bonchev–Trinajstić information content (AvgIpc) is 2.64. The van der Waals surface area contributed by atoms with E-state index in [0.717, 1.165) is 12.8 Å². The maximum Gasteiger partial charge on any atom is 0.237 e. The Hall–Kier alpha value is -0.570. The fourth-order valence-electron chi connectivity index (χ4n) is 2.99. The molecule has 0 aromatic rings. The number of piperidine rings is 1. The van der Waals surface area contributed by atoms with Gasteiger partial charge in [-0.3, -0.25) is 4.79 Å². The van der Waals surface area contributed by atoms with Gasteiger partial charge in [-0.2, -0.15) is 0 Å². The van der Waals surface area contributed by atoms with Crippen LogP contribution in [0.15, 0.2) is 0 Å². The molecule has 0 spiro atoms. The third-order valence-corrected chi connectivity index (χ3v) is 4.12. The first-order valence-electron chi connectivity index (χ1n) is 6.73. The van der Waals surface area contributed by atoms with Crippen LogP contribution in [0.3, 0.4) is 0 Å². The Morgan fingerprint density at radius 2 is 1.88 bits per heavy atom. The Kier molecular flexibility index (Phi) is 3.85. The minimum absolute atomic E-state index is 0.0524. The highest BCUT2D eigenvalue weighted by Gasteiger charge is 2.29. The molecule has 0 aromatic heterocycles. The highest BCUT2D eigenvalue weighted by molar-refractivity contribution is 5.82. The summed E-state index contributed by atoms with van der Waals surface area (Å²) in [6.07, 6.45) is 7.06. The lowest BCUT2D eigenvalue weighted by atomic mass is 9.98. The van der Waals surface area contributed by atoms with Gasteiger partial charge in [0.15, 0.2) is 0 Å². The standard InChI is InChI=1S/C13H24N2O/c1-9-5-3-7-11(9)15-13(16)12-8-4-6-10(2)14-12/h9-12,14H,3-8H2,1-2H3,(H,15,16). The summed E-state index contributed by atoms with van der Waals surface area (Å²) in [6, 6.07) is 0.966. The van der Waals surface area contributed by atoms with E-state index in [1.807, 2.05) is 0 Å². The van der Waals surface area contributed by atoms with Gasteiger partial charge in [0.2, 0.25) is 5.91 Å². The van der Waals surface area contributed by atoms with Gasteiger partial charge in [-0.1, -0.05) is 13.3 Å². The molecule has 1 saturated carbocycles. The summed E-state index contributed by atoms with van der Waals surface area (Å²) in [5.41, 5.74) is 0. The molecule has 3 nitrogen and oxygen atoms in total. The highest BCUT2D eigenvalue weighted by atomic mass is 16.2. The van der Waals surface area contributed by atoms with Crippen LogP contribution in [0.1, 0.15) is 52.4 Å². The van der Waals surface area contributed by atoms with Crippen LogP contribution in [0, 0.1) is 5.92 Å². The third kappa shape index (κ3) is 2.76.